The number of hydrogen-bond donors (Lipinski definition) is 1. The van der Waals surface area contributed by atoms with Crippen LogP contribution in [-0.2, 0) is 0 Å². The van der Waals surface area contributed by atoms with Crippen LogP contribution in [0.25, 0.3) is 0 Å². The van der Waals surface area contributed by atoms with Gasteiger partial charge < -0.3 is 5.73 Å². The van der Waals surface area contributed by atoms with Gasteiger partial charge in [0.05, 0.1) is 0 Å². The first kappa shape index (κ1) is 11.5. The van der Waals surface area contributed by atoms with Crippen molar-refractivity contribution in [3.8, 4) is 0 Å². The molecule has 1 unspecified atom stereocenters. The molecule has 0 amide bonds. The van der Waals surface area contributed by atoms with E-state index in [0.717, 1.165) is 17.2 Å². The monoisotopic (exact) mass is 210 g/mol. The minimum Gasteiger partial charge on any atom is -0.323 e. The lowest BCUT2D eigenvalue weighted by molar-refractivity contribution is 0.746. The summed E-state index contributed by atoms with van der Waals surface area (Å²) in [5.74, 6) is 2.89. The van der Waals surface area contributed by atoms with Gasteiger partial charge in [-0.1, -0.05) is 19.9 Å². The molecule has 1 aromatic heterocycles. The smallest absolute Gasteiger partial charge is 0.0402 e. The molecule has 0 aliphatic rings. The Hall–Kier alpha value is -0.540. The van der Waals surface area contributed by atoms with Gasteiger partial charge in [0.25, 0.3) is 0 Å². The number of thioether (sulfide) groups is 1. The summed E-state index contributed by atoms with van der Waals surface area (Å²) in [6, 6.07) is 4.09. The van der Waals surface area contributed by atoms with E-state index in [1.807, 2.05) is 30.1 Å². The van der Waals surface area contributed by atoms with Crippen molar-refractivity contribution in [2.45, 2.75) is 19.9 Å². The summed E-state index contributed by atoms with van der Waals surface area (Å²) in [7, 11) is 0. The summed E-state index contributed by atoms with van der Waals surface area (Å²) in [6.07, 6.45) is 3.62. The zero-order valence-corrected chi connectivity index (χ0v) is 9.63. The second-order valence-electron chi connectivity index (χ2n) is 3.82. The van der Waals surface area contributed by atoms with Crippen LogP contribution in [-0.4, -0.2) is 16.5 Å². The molecule has 78 valence electrons. The normalized spacial score (nSPS) is 13.1. The summed E-state index contributed by atoms with van der Waals surface area (Å²) in [5.41, 5.74) is 7.15. The molecule has 0 bridgehead atoms. The van der Waals surface area contributed by atoms with Crippen molar-refractivity contribution < 1.29 is 0 Å². The highest BCUT2D eigenvalue weighted by atomic mass is 32.2. The molecule has 0 saturated heterocycles. The molecule has 0 aliphatic carbocycles. The van der Waals surface area contributed by atoms with Crippen LogP contribution in [0.1, 0.15) is 25.5 Å². The molecule has 0 fully saturated rings. The molecular weight excluding hydrogens is 192 g/mol. The lowest BCUT2D eigenvalue weighted by Crippen LogP contribution is -2.13. The fourth-order valence-corrected chi connectivity index (χ4v) is 2.18. The van der Waals surface area contributed by atoms with Gasteiger partial charge in [0.2, 0.25) is 0 Å². The molecule has 2 N–H and O–H groups in total. The van der Waals surface area contributed by atoms with Crippen molar-refractivity contribution in [3.05, 3.63) is 30.1 Å². The lowest BCUT2D eigenvalue weighted by atomic mass is 10.2. The third kappa shape index (κ3) is 4.11. The predicted octanol–water partition coefficient (Wildman–Crippen LogP) is 2.47. The summed E-state index contributed by atoms with van der Waals surface area (Å²) >= 11 is 1.91. The highest BCUT2D eigenvalue weighted by Crippen LogP contribution is 2.16. The van der Waals surface area contributed by atoms with Crippen LogP contribution >= 0.6 is 11.8 Å². The molecule has 14 heavy (non-hydrogen) atoms. The zero-order chi connectivity index (χ0) is 10.4. The average Bonchev–Trinajstić information content (AvgIpc) is 2.18. The van der Waals surface area contributed by atoms with E-state index in [1.165, 1.54) is 5.75 Å². The molecule has 0 aliphatic heterocycles. The fourth-order valence-electron chi connectivity index (χ4n) is 1.12. The van der Waals surface area contributed by atoms with Crippen molar-refractivity contribution in [2.75, 3.05) is 11.5 Å². The summed E-state index contributed by atoms with van der Waals surface area (Å²) in [6.45, 7) is 4.45. The van der Waals surface area contributed by atoms with Gasteiger partial charge in [-0.05, 0) is 23.3 Å². The molecule has 1 heterocycles. The van der Waals surface area contributed by atoms with Crippen LogP contribution in [0.2, 0.25) is 0 Å². The van der Waals surface area contributed by atoms with E-state index < -0.39 is 0 Å². The van der Waals surface area contributed by atoms with E-state index in [0.29, 0.717) is 0 Å². The van der Waals surface area contributed by atoms with Crippen molar-refractivity contribution >= 4 is 11.8 Å². The fraction of sp³-hybridized carbons (Fsp3) is 0.545. The van der Waals surface area contributed by atoms with Crippen LogP contribution in [0.15, 0.2) is 24.5 Å². The Bertz CT molecular complexity index is 249. The van der Waals surface area contributed by atoms with Gasteiger partial charge in [0, 0.05) is 24.2 Å². The van der Waals surface area contributed by atoms with Gasteiger partial charge >= 0.3 is 0 Å². The molecule has 1 rings (SSSR count). The quantitative estimate of drug-likeness (QED) is 0.811. The van der Waals surface area contributed by atoms with E-state index in [4.69, 9.17) is 5.73 Å². The van der Waals surface area contributed by atoms with Crippen molar-refractivity contribution in [1.29, 1.82) is 0 Å². The number of nitrogens with zero attached hydrogens (tertiary/aromatic N) is 1. The summed E-state index contributed by atoms with van der Waals surface area (Å²) < 4.78 is 0. The molecule has 0 spiro atoms. The lowest BCUT2D eigenvalue weighted by Gasteiger charge is -2.11. The van der Waals surface area contributed by atoms with Gasteiger partial charge in [0.1, 0.15) is 0 Å². The van der Waals surface area contributed by atoms with Gasteiger partial charge in [-0.2, -0.15) is 11.8 Å². The molecule has 0 aromatic carbocycles. The molecule has 1 atom stereocenters. The largest absolute Gasteiger partial charge is 0.323 e. The van der Waals surface area contributed by atoms with Crippen molar-refractivity contribution in [2.24, 2.45) is 11.7 Å². The molecule has 1 aromatic rings. The van der Waals surface area contributed by atoms with Crippen molar-refractivity contribution in [3.63, 3.8) is 0 Å². The Morgan fingerprint density at radius 2 is 2.21 bits per heavy atom. The molecule has 2 nitrogen and oxygen atoms in total. The van der Waals surface area contributed by atoms with E-state index in [-0.39, 0.29) is 6.04 Å². The maximum atomic E-state index is 6.02. The molecule has 0 saturated carbocycles. The highest BCUT2D eigenvalue weighted by molar-refractivity contribution is 7.99. The number of aromatic nitrogens is 1. The topological polar surface area (TPSA) is 38.9 Å². The van der Waals surface area contributed by atoms with E-state index >= 15 is 0 Å². The minimum atomic E-state index is 0.118. The van der Waals surface area contributed by atoms with E-state index in [1.54, 1.807) is 6.20 Å². The first-order valence-corrected chi connectivity index (χ1v) is 6.09. The molecule has 0 radical (unpaired) electrons. The number of pyridine rings is 1. The minimum absolute atomic E-state index is 0.118. The van der Waals surface area contributed by atoms with E-state index in [2.05, 4.69) is 18.8 Å². The highest BCUT2D eigenvalue weighted by Gasteiger charge is 2.05. The number of hydrogen-bond acceptors (Lipinski definition) is 3. The third-order valence-electron chi connectivity index (χ3n) is 1.86. The third-order valence-corrected chi connectivity index (χ3v) is 3.36. The second-order valence-corrected chi connectivity index (χ2v) is 4.90. The number of nitrogens with two attached hydrogens (primary N) is 1. The predicted molar refractivity (Wildman–Crippen MR) is 63.3 cm³/mol. The van der Waals surface area contributed by atoms with Gasteiger partial charge in [-0.15, -0.1) is 0 Å². The van der Waals surface area contributed by atoms with Crippen LogP contribution in [0, 0.1) is 5.92 Å². The van der Waals surface area contributed by atoms with Gasteiger partial charge in [-0.3, -0.25) is 4.98 Å². The standard InChI is InChI=1S/C11H18N2S/c1-9(2)7-14-8-11(12)10-4-3-5-13-6-10/h3-6,9,11H,7-8,12H2,1-2H3. The van der Waals surface area contributed by atoms with E-state index in [9.17, 15) is 0 Å². The maximum absolute atomic E-state index is 6.02. The SMILES string of the molecule is CC(C)CSCC(N)c1cccnc1. The van der Waals surface area contributed by atoms with Crippen LogP contribution < -0.4 is 5.73 Å². The average molecular weight is 210 g/mol. The zero-order valence-electron chi connectivity index (χ0n) is 8.81. The molecule has 3 heteroatoms. The van der Waals surface area contributed by atoms with Crippen molar-refractivity contribution in [1.82, 2.24) is 4.98 Å². The summed E-state index contributed by atoms with van der Waals surface area (Å²) in [5, 5.41) is 0. The first-order chi connectivity index (χ1) is 6.70. The molecular formula is C11H18N2S. The first-order valence-electron chi connectivity index (χ1n) is 4.93. The van der Waals surface area contributed by atoms with Crippen LogP contribution in [0.5, 0.6) is 0 Å². The Labute approximate surface area is 90.3 Å². The Morgan fingerprint density at radius 1 is 1.43 bits per heavy atom. The van der Waals surface area contributed by atoms with Gasteiger partial charge in [-0.25, -0.2) is 0 Å². The Balaban J connectivity index is 2.32. The Morgan fingerprint density at radius 3 is 2.79 bits per heavy atom. The maximum Gasteiger partial charge on any atom is 0.0402 e. The van der Waals surface area contributed by atoms with Crippen LogP contribution in [0.3, 0.4) is 0 Å². The summed E-state index contributed by atoms with van der Waals surface area (Å²) in [4.78, 5) is 4.06. The number of rotatable bonds is 5. The van der Waals surface area contributed by atoms with Gasteiger partial charge in [0.15, 0.2) is 0 Å². The van der Waals surface area contributed by atoms with Crippen LogP contribution in [0.4, 0.5) is 0 Å². The Kier molecular flexibility index (Phi) is 4.98. The second kappa shape index (κ2) is 6.04.